The third-order valence-electron chi connectivity index (χ3n) is 5.60. The third-order valence-corrected chi connectivity index (χ3v) is 7.40. The molecular weight excluding hydrogens is 405 g/mol. The molecule has 1 aliphatic carbocycles. The predicted octanol–water partition coefficient (Wildman–Crippen LogP) is 3.75. The number of nitrogens with one attached hydrogen (secondary N) is 2. The van der Waals surface area contributed by atoms with Crippen molar-refractivity contribution in [2.24, 2.45) is 0 Å². The summed E-state index contributed by atoms with van der Waals surface area (Å²) in [4.78, 5) is 15.9. The number of hydrogen-bond donors (Lipinski definition) is 2. The van der Waals surface area contributed by atoms with Crippen LogP contribution in [0.4, 0.5) is 10.1 Å². The van der Waals surface area contributed by atoms with E-state index in [1.807, 2.05) is 0 Å². The van der Waals surface area contributed by atoms with Crippen LogP contribution in [0.2, 0.25) is 0 Å². The number of halogens is 1. The third kappa shape index (κ3) is 3.85. The van der Waals surface area contributed by atoms with Gasteiger partial charge in [-0.05, 0) is 74.1 Å². The van der Waals surface area contributed by atoms with E-state index >= 15 is 0 Å². The number of hydrogen-bond acceptors (Lipinski definition) is 3. The molecule has 30 heavy (non-hydrogen) atoms. The van der Waals surface area contributed by atoms with Gasteiger partial charge in [0.1, 0.15) is 5.82 Å². The van der Waals surface area contributed by atoms with Crippen molar-refractivity contribution in [1.82, 2.24) is 9.29 Å². The number of anilines is 1. The molecule has 8 heteroatoms. The molecule has 2 N–H and O–H groups in total. The quantitative estimate of drug-likeness (QED) is 0.648. The second-order valence-electron chi connectivity index (χ2n) is 7.77. The summed E-state index contributed by atoms with van der Waals surface area (Å²) in [5, 5.41) is 3.47. The number of amides is 1. The van der Waals surface area contributed by atoms with Gasteiger partial charge >= 0.3 is 0 Å². The van der Waals surface area contributed by atoms with Crippen molar-refractivity contribution in [3.8, 4) is 0 Å². The van der Waals surface area contributed by atoms with Crippen LogP contribution in [-0.4, -0.2) is 37.2 Å². The van der Waals surface area contributed by atoms with Crippen molar-refractivity contribution >= 4 is 32.5 Å². The normalized spacial score (nSPS) is 14.1. The number of aromatic amines is 1. The van der Waals surface area contributed by atoms with Gasteiger partial charge in [-0.1, -0.05) is 6.07 Å². The van der Waals surface area contributed by atoms with E-state index in [4.69, 9.17) is 0 Å². The van der Waals surface area contributed by atoms with Crippen molar-refractivity contribution in [3.63, 3.8) is 0 Å². The van der Waals surface area contributed by atoms with Crippen LogP contribution < -0.4 is 5.32 Å². The molecule has 2 aromatic carbocycles. The molecule has 158 valence electrons. The van der Waals surface area contributed by atoms with Crippen LogP contribution in [0.1, 0.15) is 29.7 Å². The van der Waals surface area contributed by atoms with Crippen LogP contribution in [0.3, 0.4) is 0 Å². The summed E-state index contributed by atoms with van der Waals surface area (Å²) < 4.78 is 40.7. The summed E-state index contributed by atoms with van der Waals surface area (Å²) in [7, 11) is -2.49. The summed E-state index contributed by atoms with van der Waals surface area (Å²) in [5.41, 5.74) is 4.06. The fourth-order valence-corrected chi connectivity index (χ4v) is 5.04. The fraction of sp³-hybridized carbons (Fsp3) is 0.318. The second-order valence-corrected chi connectivity index (χ2v) is 9.81. The summed E-state index contributed by atoms with van der Waals surface area (Å²) >= 11 is 0. The monoisotopic (exact) mass is 429 g/mol. The van der Waals surface area contributed by atoms with E-state index in [-0.39, 0.29) is 17.1 Å². The smallest absolute Gasteiger partial charge is 0.243 e. The molecule has 0 atom stereocenters. The first-order valence-electron chi connectivity index (χ1n) is 9.91. The molecule has 3 aromatic rings. The highest BCUT2D eigenvalue weighted by Gasteiger charge is 2.25. The van der Waals surface area contributed by atoms with Gasteiger partial charge in [0, 0.05) is 29.3 Å². The van der Waals surface area contributed by atoms with E-state index in [1.165, 1.54) is 24.4 Å². The molecule has 0 fully saturated rings. The van der Waals surface area contributed by atoms with Crippen LogP contribution in [-0.2, 0) is 27.7 Å². The van der Waals surface area contributed by atoms with Gasteiger partial charge in [-0.3, -0.25) is 4.79 Å². The molecule has 1 aliphatic rings. The minimum Gasteiger partial charge on any atom is -0.358 e. The predicted molar refractivity (Wildman–Crippen MR) is 115 cm³/mol. The Bertz CT molecular complexity index is 1230. The minimum absolute atomic E-state index is 0.152. The van der Waals surface area contributed by atoms with Crippen molar-refractivity contribution in [3.05, 3.63) is 59.0 Å². The van der Waals surface area contributed by atoms with E-state index in [1.54, 1.807) is 37.3 Å². The van der Waals surface area contributed by atoms with E-state index in [0.717, 1.165) is 40.9 Å². The van der Waals surface area contributed by atoms with Crippen LogP contribution in [0.25, 0.3) is 10.9 Å². The minimum atomic E-state index is -3.85. The highest BCUT2D eigenvalue weighted by atomic mass is 32.2. The summed E-state index contributed by atoms with van der Waals surface area (Å²) in [6.45, 7) is 1.25. The summed E-state index contributed by atoms with van der Waals surface area (Å²) in [5.74, 6) is -0.971. The molecule has 1 heterocycles. The van der Waals surface area contributed by atoms with Gasteiger partial charge in [0.25, 0.3) is 0 Å². The SMILES string of the molecule is Cc1ccc(NC(=O)CN(C)S(=O)(=O)c2ccc3[nH]c4c(c3c2)CCCC4)cc1F. The Labute approximate surface area is 175 Å². The second kappa shape index (κ2) is 7.85. The molecule has 0 unspecified atom stereocenters. The molecule has 0 saturated carbocycles. The summed E-state index contributed by atoms with van der Waals surface area (Å²) in [6, 6.07) is 9.37. The Morgan fingerprint density at radius 2 is 1.93 bits per heavy atom. The Hall–Kier alpha value is -2.71. The van der Waals surface area contributed by atoms with Gasteiger partial charge in [0.05, 0.1) is 11.4 Å². The largest absolute Gasteiger partial charge is 0.358 e. The van der Waals surface area contributed by atoms with Gasteiger partial charge in [0.15, 0.2) is 0 Å². The van der Waals surface area contributed by atoms with Gasteiger partial charge < -0.3 is 10.3 Å². The number of aromatic nitrogens is 1. The summed E-state index contributed by atoms with van der Waals surface area (Å²) in [6.07, 6.45) is 4.14. The van der Waals surface area contributed by atoms with Gasteiger partial charge in [0.2, 0.25) is 15.9 Å². The zero-order valence-electron chi connectivity index (χ0n) is 17.0. The first-order chi connectivity index (χ1) is 14.3. The number of H-pyrrole nitrogens is 1. The Balaban J connectivity index is 1.53. The number of nitrogens with zero attached hydrogens (tertiary/aromatic N) is 1. The lowest BCUT2D eigenvalue weighted by atomic mass is 9.96. The molecule has 0 saturated heterocycles. The Kier molecular flexibility index (Phi) is 5.38. The van der Waals surface area contributed by atoms with E-state index in [0.29, 0.717) is 5.56 Å². The standard InChI is InChI=1S/C22H24FN3O3S/c1-14-7-8-15(11-19(14)23)24-22(27)13-26(2)30(28,29)16-9-10-21-18(12-16)17-5-3-4-6-20(17)25-21/h7-12,25H,3-6,13H2,1-2H3,(H,24,27). The number of carbonyl (C=O) groups is 1. The molecule has 0 bridgehead atoms. The van der Waals surface area contributed by atoms with E-state index in [2.05, 4.69) is 10.3 Å². The number of aryl methyl sites for hydroxylation is 3. The number of rotatable bonds is 5. The van der Waals surface area contributed by atoms with Crippen molar-refractivity contribution in [2.45, 2.75) is 37.5 Å². The van der Waals surface area contributed by atoms with Crippen molar-refractivity contribution in [1.29, 1.82) is 0 Å². The van der Waals surface area contributed by atoms with Crippen molar-refractivity contribution in [2.75, 3.05) is 18.9 Å². The van der Waals surface area contributed by atoms with Crippen LogP contribution >= 0.6 is 0 Å². The highest BCUT2D eigenvalue weighted by Crippen LogP contribution is 2.31. The number of sulfonamides is 1. The number of fused-ring (bicyclic) bond motifs is 3. The molecular formula is C22H24FN3O3S. The average Bonchev–Trinajstić information content (AvgIpc) is 3.08. The zero-order valence-corrected chi connectivity index (χ0v) is 17.8. The van der Waals surface area contributed by atoms with Gasteiger partial charge in [-0.25, -0.2) is 12.8 Å². The van der Waals surface area contributed by atoms with Crippen LogP contribution in [0.5, 0.6) is 0 Å². The van der Waals surface area contributed by atoms with E-state index < -0.39 is 21.7 Å². The topological polar surface area (TPSA) is 82.3 Å². The molecule has 1 aromatic heterocycles. The molecule has 0 spiro atoms. The maximum Gasteiger partial charge on any atom is 0.243 e. The number of carbonyl (C=O) groups excluding carboxylic acids is 1. The lowest BCUT2D eigenvalue weighted by Gasteiger charge is -2.17. The van der Waals surface area contributed by atoms with Gasteiger partial charge in [-0.15, -0.1) is 0 Å². The zero-order chi connectivity index (χ0) is 21.5. The highest BCUT2D eigenvalue weighted by molar-refractivity contribution is 7.89. The number of likely N-dealkylation sites (N-methyl/N-ethyl adjacent to an activating group) is 1. The van der Waals surface area contributed by atoms with Crippen molar-refractivity contribution < 1.29 is 17.6 Å². The van der Waals surface area contributed by atoms with E-state index in [9.17, 15) is 17.6 Å². The lowest BCUT2D eigenvalue weighted by molar-refractivity contribution is -0.116. The lowest BCUT2D eigenvalue weighted by Crippen LogP contribution is -2.35. The maximum absolute atomic E-state index is 13.7. The van der Waals surface area contributed by atoms with Crippen LogP contribution in [0, 0.1) is 12.7 Å². The van der Waals surface area contributed by atoms with Gasteiger partial charge in [-0.2, -0.15) is 4.31 Å². The Morgan fingerprint density at radius 1 is 1.17 bits per heavy atom. The first kappa shape index (κ1) is 20.6. The van der Waals surface area contributed by atoms with Crippen LogP contribution in [0.15, 0.2) is 41.3 Å². The fourth-order valence-electron chi connectivity index (χ4n) is 3.88. The molecule has 0 aliphatic heterocycles. The maximum atomic E-state index is 13.7. The first-order valence-corrected chi connectivity index (χ1v) is 11.4. The Morgan fingerprint density at radius 3 is 2.70 bits per heavy atom. The molecule has 1 amide bonds. The average molecular weight is 430 g/mol. The number of benzene rings is 2. The molecule has 0 radical (unpaired) electrons. The molecule has 4 rings (SSSR count). The molecule has 6 nitrogen and oxygen atoms in total.